The summed E-state index contributed by atoms with van der Waals surface area (Å²) in [6.45, 7) is 1.08. The second-order valence-corrected chi connectivity index (χ2v) is 5.22. The summed E-state index contributed by atoms with van der Waals surface area (Å²) in [5.41, 5.74) is 1.43. The molecule has 0 saturated carbocycles. The maximum Gasteiger partial charge on any atom is 0.126 e. The lowest BCUT2D eigenvalue weighted by Gasteiger charge is -2.09. The van der Waals surface area contributed by atoms with Crippen molar-refractivity contribution in [1.82, 2.24) is 5.32 Å². The van der Waals surface area contributed by atoms with Gasteiger partial charge in [-0.05, 0) is 42.8 Å². The van der Waals surface area contributed by atoms with Gasteiger partial charge in [0.1, 0.15) is 11.6 Å². The molecule has 0 unspecified atom stereocenters. The Morgan fingerprint density at radius 3 is 2.15 bits per heavy atom. The first kappa shape index (κ1) is 15.2. The first-order valence-electron chi connectivity index (χ1n) is 6.15. The van der Waals surface area contributed by atoms with Crippen LogP contribution in [0.3, 0.4) is 0 Å². The quantitative estimate of drug-likeness (QED) is 0.795. The van der Waals surface area contributed by atoms with Crippen molar-refractivity contribution >= 4 is 23.2 Å². The van der Waals surface area contributed by atoms with Crippen molar-refractivity contribution in [3.8, 4) is 0 Å². The average Bonchev–Trinajstić information content (AvgIpc) is 2.36. The molecule has 0 atom stereocenters. The van der Waals surface area contributed by atoms with Gasteiger partial charge in [0.15, 0.2) is 0 Å². The Balaban J connectivity index is 1.88. The second-order valence-electron chi connectivity index (χ2n) is 4.40. The summed E-state index contributed by atoms with van der Waals surface area (Å²) in [6, 6.07) is 8.84. The maximum absolute atomic E-state index is 13.0. The van der Waals surface area contributed by atoms with Gasteiger partial charge < -0.3 is 5.32 Å². The number of halogens is 4. The molecule has 0 aliphatic carbocycles. The zero-order valence-electron chi connectivity index (χ0n) is 10.6. The zero-order chi connectivity index (χ0) is 14.5. The molecule has 1 N–H and O–H groups in total. The molecule has 0 heterocycles. The van der Waals surface area contributed by atoms with E-state index in [0.29, 0.717) is 35.1 Å². The summed E-state index contributed by atoms with van der Waals surface area (Å²) in [5, 5.41) is 4.35. The van der Waals surface area contributed by atoms with Crippen LogP contribution >= 0.6 is 23.2 Å². The molecule has 0 radical (unpaired) electrons. The SMILES string of the molecule is Fc1cc(F)cc(CCNCc2c(Cl)cccc2Cl)c1. The van der Waals surface area contributed by atoms with Gasteiger partial charge in [-0.3, -0.25) is 0 Å². The second kappa shape index (κ2) is 7.02. The van der Waals surface area contributed by atoms with Crippen LogP contribution in [0.4, 0.5) is 8.78 Å². The topological polar surface area (TPSA) is 12.0 Å². The van der Waals surface area contributed by atoms with Gasteiger partial charge in [-0.25, -0.2) is 8.78 Å². The summed E-state index contributed by atoms with van der Waals surface area (Å²) in [4.78, 5) is 0. The lowest BCUT2D eigenvalue weighted by Crippen LogP contribution is -2.17. The third-order valence-corrected chi connectivity index (χ3v) is 3.58. The van der Waals surface area contributed by atoms with Crippen molar-refractivity contribution in [2.75, 3.05) is 6.54 Å². The van der Waals surface area contributed by atoms with Gasteiger partial charge in [-0.2, -0.15) is 0 Å². The van der Waals surface area contributed by atoms with E-state index < -0.39 is 11.6 Å². The number of nitrogens with one attached hydrogen (secondary N) is 1. The third kappa shape index (κ3) is 4.17. The highest BCUT2D eigenvalue weighted by Gasteiger charge is 2.05. The smallest absolute Gasteiger partial charge is 0.126 e. The van der Waals surface area contributed by atoms with Gasteiger partial charge in [0, 0.05) is 28.2 Å². The average molecular weight is 316 g/mol. The maximum atomic E-state index is 13.0. The van der Waals surface area contributed by atoms with Gasteiger partial charge >= 0.3 is 0 Å². The van der Waals surface area contributed by atoms with Crippen LogP contribution in [0.5, 0.6) is 0 Å². The molecule has 2 aromatic rings. The van der Waals surface area contributed by atoms with Crippen molar-refractivity contribution in [2.45, 2.75) is 13.0 Å². The van der Waals surface area contributed by atoms with Gasteiger partial charge in [0.05, 0.1) is 0 Å². The van der Waals surface area contributed by atoms with Crippen LogP contribution in [0.1, 0.15) is 11.1 Å². The minimum atomic E-state index is -0.561. The Hall–Kier alpha value is -1.16. The van der Waals surface area contributed by atoms with E-state index in [9.17, 15) is 8.78 Å². The first-order valence-corrected chi connectivity index (χ1v) is 6.90. The Labute approximate surface area is 126 Å². The lowest BCUT2D eigenvalue weighted by atomic mass is 10.1. The molecule has 0 aliphatic rings. The molecule has 0 saturated heterocycles. The molecule has 0 aliphatic heterocycles. The third-order valence-electron chi connectivity index (χ3n) is 2.88. The molecule has 20 heavy (non-hydrogen) atoms. The highest BCUT2D eigenvalue weighted by Crippen LogP contribution is 2.23. The molecule has 5 heteroatoms. The van der Waals surface area contributed by atoms with E-state index in [1.165, 1.54) is 12.1 Å². The molecular formula is C15H13Cl2F2N. The molecule has 1 nitrogen and oxygen atoms in total. The molecule has 2 aromatic carbocycles. The molecule has 0 fully saturated rings. The predicted molar refractivity (Wildman–Crippen MR) is 78.2 cm³/mol. The monoisotopic (exact) mass is 315 g/mol. The van der Waals surface area contributed by atoms with Gasteiger partial charge in [0.25, 0.3) is 0 Å². The zero-order valence-corrected chi connectivity index (χ0v) is 12.1. The Morgan fingerprint density at radius 1 is 0.950 bits per heavy atom. The molecular weight excluding hydrogens is 303 g/mol. The minimum Gasteiger partial charge on any atom is -0.312 e. The Kier molecular flexibility index (Phi) is 5.35. The van der Waals surface area contributed by atoms with E-state index in [1.807, 2.05) is 0 Å². The van der Waals surface area contributed by atoms with Crippen LogP contribution in [-0.4, -0.2) is 6.54 Å². The molecule has 0 aromatic heterocycles. The Morgan fingerprint density at radius 2 is 1.55 bits per heavy atom. The van der Waals surface area contributed by atoms with Gasteiger partial charge in [-0.15, -0.1) is 0 Å². The standard InChI is InChI=1S/C15H13Cl2F2N/c16-14-2-1-3-15(17)13(14)9-20-5-4-10-6-11(18)8-12(19)7-10/h1-3,6-8,20H,4-5,9H2. The lowest BCUT2D eigenvalue weighted by molar-refractivity contribution is 0.577. The van der Waals surface area contributed by atoms with E-state index in [-0.39, 0.29) is 0 Å². The highest BCUT2D eigenvalue weighted by atomic mass is 35.5. The van der Waals surface area contributed by atoms with Crippen molar-refractivity contribution < 1.29 is 8.78 Å². The van der Waals surface area contributed by atoms with E-state index in [1.54, 1.807) is 18.2 Å². The van der Waals surface area contributed by atoms with Crippen molar-refractivity contribution in [3.05, 3.63) is 69.2 Å². The van der Waals surface area contributed by atoms with Gasteiger partial charge in [0.2, 0.25) is 0 Å². The van der Waals surface area contributed by atoms with E-state index in [2.05, 4.69) is 5.32 Å². The summed E-state index contributed by atoms with van der Waals surface area (Å²) in [6.07, 6.45) is 0.525. The molecule has 0 spiro atoms. The van der Waals surface area contributed by atoms with Crippen LogP contribution in [-0.2, 0) is 13.0 Å². The van der Waals surface area contributed by atoms with Crippen LogP contribution in [0, 0.1) is 11.6 Å². The number of rotatable bonds is 5. The van der Waals surface area contributed by atoms with Crippen LogP contribution in [0.2, 0.25) is 10.0 Å². The molecule has 0 bridgehead atoms. The Bertz CT molecular complexity index is 562. The summed E-state index contributed by atoms with van der Waals surface area (Å²) in [5.74, 6) is -1.12. The largest absolute Gasteiger partial charge is 0.312 e. The molecule has 106 valence electrons. The van der Waals surface area contributed by atoms with E-state index in [4.69, 9.17) is 23.2 Å². The van der Waals surface area contributed by atoms with Crippen molar-refractivity contribution in [1.29, 1.82) is 0 Å². The van der Waals surface area contributed by atoms with E-state index in [0.717, 1.165) is 11.6 Å². The summed E-state index contributed by atoms with van der Waals surface area (Å²) in [7, 11) is 0. The van der Waals surface area contributed by atoms with Crippen LogP contribution in [0.15, 0.2) is 36.4 Å². The first-order chi connectivity index (χ1) is 9.56. The number of hydrogen-bond acceptors (Lipinski definition) is 1. The van der Waals surface area contributed by atoms with Gasteiger partial charge in [-0.1, -0.05) is 29.3 Å². The van der Waals surface area contributed by atoms with Crippen LogP contribution < -0.4 is 5.32 Å². The van der Waals surface area contributed by atoms with Crippen LogP contribution in [0.25, 0.3) is 0 Å². The predicted octanol–water partition coefficient (Wildman–Crippen LogP) is 4.60. The summed E-state index contributed by atoms with van der Waals surface area (Å²) >= 11 is 12.1. The van der Waals surface area contributed by atoms with Crippen molar-refractivity contribution in [2.24, 2.45) is 0 Å². The normalized spacial score (nSPS) is 10.8. The fourth-order valence-corrected chi connectivity index (χ4v) is 2.43. The minimum absolute atomic E-state index is 0.510. The number of hydrogen-bond donors (Lipinski definition) is 1. The highest BCUT2D eigenvalue weighted by molar-refractivity contribution is 6.35. The summed E-state index contributed by atoms with van der Waals surface area (Å²) < 4.78 is 26.0. The molecule has 0 amide bonds. The van der Waals surface area contributed by atoms with Crippen molar-refractivity contribution in [3.63, 3.8) is 0 Å². The fraction of sp³-hybridized carbons (Fsp3) is 0.200. The molecule has 2 rings (SSSR count). The van der Waals surface area contributed by atoms with E-state index >= 15 is 0 Å². The fourth-order valence-electron chi connectivity index (χ4n) is 1.90. The number of benzene rings is 2.